The Labute approximate surface area is 80.3 Å². The molecule has 0 aromatic carbocycles. The van der Waals surface area contributed by atoms with Gasteiger partial charge in [-0.2, -0.15) is 4.98 Å². The summed E-state index contributed by atoms with van der Waals surface area (Å²) in [5.41, 5.74) is 0.604. The van der Waals surface area contributed by atoms with Crippen LogP contribution in [0.3, 0.4) is 0 Å². The van der Waals surface area contributed by atoms with E-state index in [0.717, 1.165) is 5.39 Å². The normalized spacial score (nSPS) is 10.3. The lowest BCUT2D eigenvalue weighted by Gasteiger charge is -2.01. The molecule has 0 N–H and O–H groups in total. The molecule has 2 heterocycles. The second-order valence-corrected chi connectivity index (χ2v) is 2.93. The highest BCUT2D eigenvalue weighted by atomic mass is 35.5. The second-order valence-electron chi connectivity index (χ2n) is 2.52. The highest BCUT2D eigenvalue weighted by molar-refractivity contribution is 6.35. The van der Waals surface area contributed by atoms with E-state index >= 15 is 0 Å². The summed E-state index contributed by atoms with van der Waals surface area (Å²) in [6.07, 6.45) is 1.67. The Morgan fingerprint density at radius 3 is 3.08 bits per heavy atom. The van der Waals surface area contributed by atoms with Crippen molar-refractivity contribution in [1.29, 1.82) is 0 Å². The molecule has 0 spiro atoms. The smallest absolute Gasteiger partial charge is 0.216 e. The van der Waals surface area contributed by atoms with Crippen LogP contribution in [0.1, 0.15) is 0 Å². The monoisotopic (exact) mass is 194 g/mol. The zero-order valence-corrected chi connectivity index (χ0v) is 7.75. The van der Waals surface area contributed by atoms with Crippen molar-refractivity contribution in [3.8, 4) is 5.88 Å². The molecule has 0 bridgehead atoms. The number of hydrogen-bond acceptors (Lipinski definition) is 3. The van der Waals surface area contributed by atoms with Crippen LogP contribution in [0.15, 0.2) is 24.4 Å². The van der Waals surface area contributed by atoms with Gasteiger partial charge in [0.15, 0.2) is 5.65 Å². The number of aromatic nitrogens is 2. The van der Waals surface area contributed by atoms with E-state index in [1.807, 2.05) is 12.1 Å². The van der Waals surface area contributed by atoms with Crippen LogP contribution in [0.4, 0.5) is 0 Å². The topological polar surface area (TPSA) is 35.0 Å². The Balaban J connectivity index is 2.77. The van der Waals surface area contributed by atoms with Crippen molar-refractivity contribution in [3.63, 3.8) is 0 Å². The van der Waals surface area contributed by atoms with Crippen molar-refractivity contribution < 1.29 is 4.74 Å². The fourth-order valence-electron chi connectivity index (χ4n) is 1.10. The number of fused-ring (bicyclic) bond motifs is 1. The molecule has 0 atom stereocenters. The molecule has 0 radical (unpaired) electrons. The van der Waals surface area contributed by atoms with Gasteiger partial charge in [-0.15, -0.1) is 0 Å². The predicted molar refractivity (Wildman–Crippen MR) is 51.1 cm³/mol. The molecule has 3 nitrogen and oxygen atoms in total. The number of nitrogens with zero attached hydrogens (tertiary/aromatic N) is 2. The van der Waals surface area contributed by atoms with Crippen LogP contribution in [-0.2, 0) is 0 Å². The summed E-state index contributed by atoms with van der Waals surface area (Å²) in [5, 5.41) is 1.44. The SMILES string of the molecule is COc1cc(Cl)c2cccnc2n1. The molecule has 0 aliphatic rings. The molecule has 4 heteroatoms. The molecule has 0 saturated carbocycles. The van der Waals surface area contributed by atoms with Crippen LogP contribution >= 0.6 is 11.6 Å². The molecule has 0 aliphatic carbocycles. The van der Waals surface area contributed by atoms with Gasteiger partial charge in [0.1, 0.15) is 0 Å². The summed E-state index contributed by atoms with van der Waals surface area (Å²) in [4.78, 5) is 8.21. The van der Waals surface area contributed by atoms with Crippen LogP contribution in [0.2, 0.25) is 5.02 Å². The molecule has 0 unspecified atom stereocenters. The van der Waals surface area contributed by atoms with E-state index in [1.165, 1.54) is 0 Å². The lowest BCUT2D eigenvalue weighted by molar-refractivity contribution is 0.399. The minimum Gasteiger partial charge on any atom is -0.481 e. The molecule has 2 aromatic rings. The zero-order chi connectivity index (χ0) is 9.26. The summed E-state index contributed by atoms with van der Waals surface area (Å²) in [6.45, 7) is 0. The van der Waals surface area contributed by atoms with Crippen molar-refractivity contribution in [3.05, 3.63) is 29.4 Å². The van der Waals surface area contributed by atoms with Crippen molar-refractivity contribution >= 4 is 22.6 Å². The Bertz CT molecular complexity index is 445. The molecule has 66 valence electrons. The summed E-state index contributed by atoms with van der Waals surface area (Å²) < 4.78 is 4.97. The van der Waals surface area contributed by atoms with Crippen molar-refractivity contribution in [2.24, 2.45) is 0 Å². The van der Waals surface area contributed by atoms with E-state index in [2.05, 4.69) is 9.97 Å². The molecule has 0 aliphatic heterocycles. The molecular formula is C9H7ClN2O. The van der Waals surface area contributed by atoms with Gasteiger partial charge in [-0.25, -0.2) is 4.98 Å². The highest BCUT2D eigenvalue weighted by Gasteiger charge is 2.03. The lowest BCUT2D eigenvalue weighted by atomic mass is 10.3. The first kappa shape index (κ1) is 8.26. The summed E-state index contributed by atoms with van der Waals surface area (Å²) in [6, 6.07) is 5.37. The first-order chi connectivity index (χ1) is 6.31. The largest absolute Gasteiger partial charge is 0.481 e. The lowest BCUT2D eigenvalue weighted by Crippen LogP contribution is -1.90. The van der Waals surface area contributed by atoms with Gasteiger partial charge in [0.25, 0.3) is 0 Å². The van der Waals surface area contributed by atoms with E-state index in [9.17, 15) is 0 Å². The summed E-state index contributed by atoms with van der Waals surface area (Å²) in [7, 11) is 1.55. The predicted octanol–water partition coefficient (Wildman–Crippen LogP) is 2.29. The third-order valence-electron chi connectivity index (χ3n) is 1.72. The second kappa shape index (κ2) is 3.18. The van der Waals surface area contributed by atoms with E-state index in [1.54, 1.807) is 19.4 Å². The number of pyridine rings is 2. The Hall–Kier alpha value is -1.35. The van der Waals surface area contributed by atoms with Crippen molar-refractivity contribution in [1.82, 2.24) is 9.97 Å². The number of hydrogen-bond donors (Lipinski definition) is 0. The maximum Gasteiger partial charge on any atom is 0.216 e. The molecule has 2 aromatic heterocycles. The molecule has 2 rings (SSSR count). The molecular weight excluding hydrogens is 188 g/mol. The van der Waals surface area contributed by atoms with Gasteiger partial charge in [-0.3, -0.25) is 0 Å². The quantitative estimate of drug-likeness (QED) is 0.699. The maximum atomic E-state index is 5.98. The van der Waals surface area contributed by atoms with E-state index in [0.29, 0.717) is 16.5 Å². The average molecular weight is 195 g/mol. The minimum atomic E-state index is 0.483. The minimum absolute atomic E-state index is 0.483. The number of rotatable bonds is 1. The number of methoxy groups -OCH3 is 1. The average Bonchev–Trinajstić information content (AvgIpc) is 2.18. The van der Waals surface area contributed by atoms with E-state index in [-0.39, 0.29) is 0 Å². The highest BCUT2D eigenvalue weighted by Crippen LogP contribution is 2.24. The van der Waals surface area contributed by atoms with E-state index < -0.39 is 0 Å². The zero-order valence-electron chi connectivity index (χ0n) is 6.99. The van der Waals surface area contributed by atoms with Gasteiger partial charge in [0.05, 0.1) is 12.1 Å². The first-order valence-corrected chi connectivity index (χ1v) is 4.14. The van der Waals surface area contributed by atoms with Gasteiger partial charge in [0.2, 0.25) is 5.88 Å². The number of halogens is 1. The summed E-state index contributed by atoms with van der Waals surface area (Å²) in [5.74, 6) is 0.483. The standard InChI is InChI=1S/C9H7ClN2O/c1-13-8-5-7(10)6-3-2-4-11-9(6)12-8/h2-5H,1H3. The van der Waals surface area contributed by atoms with Gasteiger partial charge < -0.3 is 4.74 Å². The molecule has 0 fully saturated rings. The summed E-state index contributed by atoms with van der Waals surface area (Å²) >= 11 is 5.98. The fraction of sp³-hybridized carbons (Fsp3) is 0.111. The third kappa shape index (κ3) is 1.42. The molecule has 0 amide bonds. The number of ether oxygens (including phenoxy) is 1. The van der Waals surface area contributed by atoms with E-state index in [4.69, 9.17) is 16.3 Å². The first-order valence-electron chi connectivity index (χ1n) is 3.76. The van der Waals surface area contributed by atoms with Crippen LogP contribution < -0.4 is 4.74 Å². The third-order valence-corrected chi connectivity index (χ3v) is 2.03. The van der Waals surface area contributed by atoms with Gasteiger partial charge in [0, 0.05) is 17.6 Å². The van der Waals surface area contributed by atoms with Gasteiger partial charge in [-0.05, 0) is 12.1 Å². The Kier molecular flexibility index (Phi) is 2.02. The molecule has 13 heavy (non-hydrogen) atoms. The maximum absolute atomic E-state index is 5.98. The van der Waals surface area contributed by atoms with Crippen LogP contribution in [0, 0.1) is 0 Å². The van der Waals surface area contributed by atoms with Gasteiger partial charge in [-0.1, -0.05) is 11.6 Å². The van der Waals surface area contributed by atoms with Crippen LogP contribution in [0.25, 0.3) is 11.0 Å². The fourth-order valence-corrected chi connectivity index (χ4v) is 1.34. The van der Waals surface area contributed by atoms with Crippen LogP contribution in [0.5, 0.6) is 5.88 Å². The van der Waals surface area contributed by atoms with Crippen molar-refractivity contribution in [2.75, 3.05) is 7.11 Å². The Morgan fingerprint density at radius 1 is 1.46 bits per heavy atom. The Morgan fingerprint density at radius 2 is 2.31 bits per heavy atom. The van der Waals surface area contributed by atoms with Crippen molar-refractivity contribution in [2.45, 2.75) is 0 Å². The molecule has 0 saturated heterocycles. The van der Waals surface area contributed by atoms with Crippen LogP contribution in [-0.4, -0.2) is 17.1 Å². The van der Waals surface area contributed by atoms with Gasteiger partial charge >= 0.3 is 0 Å².